The van der Waals surface area contributed by atoms with Crippen LogP contribution in [0.25, 0.3) is 0 Å². The van der Waals surface area contributed by atoms with Crippen molar-refractivity contribution in [1.29, 1.82) is 0 Å². The molecule has 1 aliphatic rings. The topological polar surface area (TPSA) is 176 Å². The average Bonchev–Trinajstić information content (AvgIpc) is 2.89. The molecular formula is C18H16F6N4O6. The van der Waals surface area contributed by atoms with Gasteiger partial charge in [-0.25, -0.2) is 9.59 Å². The van der Waals surface area contributed by atoms with Crippen LogP contribution in [0.15, 0.2) is 35.3 Å². The molecule has 2 amide bonds. The zero-order chi connectivity index (χ0) is 26.4. The molecule has 0 spiro atoms. The summed E-state index contributed by atoms with van der Waals surface area (Å²) >= 11 is 0. The maximum absolute atomic E-state index is 12.9. The number of hydrogen-bond donors (Lipinski definition) is 4. The van der Waals surface area contributed by atoms with E-state index in [1.54, 1.807) is 0 Å². The van der Waals surface area contributed by atoms with Gasteiger partial charge in [0.25, 0.3) is 11.8 Å². The highest BCUT2D eigenvalue weighted by Crippen LogP contribution is 2.41. The summed E-state index contributed by atoms with van der Waals surface area (Å²) in [6, 6.07) is 0.353. The SMILES string of the molecule is NC(N)=NC(=O)C[C@H]1c2cc(C(F)(F)F)ccc2C(=O)N1CC(F)(F)F.O=C(O)/C=C/C(=O)O. The molecule has 2 rings (SSSR count). The minimum Gasteiger partial charge on any atom is -0.478 e. The van der Waals surface area contributed by atoms with Crippen molar-refractivity contribution in [3.63, 3.8) is 0 Å². The molecule has 10 nitrogen and oxygen atoms in total. The van der Waals surface area contributed by atoms with Crippen LogP contribution in [-0.4, -0.2) is 57.5 Å². The third kappa shape index (κ3) is 8.44. The summed E-state index contributed by atoms with van der Waals surface area (Å²) in [5, 5.41) is 15.6. The number of nitrogens with two attached hydrogens (primary N) is 2. The molecule has 0 bridgehead atoms. The average molecular weight is 498 g/mol. The summed E-state index contributed by atoms with van der Waals surface area (Å²) in [5.41, 5.74) is 8.17. The zero-order valence-electron chi connectivity index (χ0n) is 16.7. The number of carbonyl (C=O) groups is 4. The lowest BCUT2D eigenvalue weighted by molar-refractivity contribution is -0.145. The normalized spacial score (nSPS) is 15.4. The Bertz CT molecular complexity index is 1010. The predicted octanol–water partition coefficient (Wildman–Crippen LogP) is 1.67. The van der Waals surface area contributed by atoms with E-state index in [-0.39, 0.29) is 16.0 Å². The quantitative estimate of drug-likeness (QED) is 0.205. The van der Waals surface area contributed by atoms with E-state index in [0.717, 1.165) is 6.07 Å². The number of carboxylic acids is 2. The number of nitrogens with zero attached hydrogens (tertiary/aromatic N) is 2. The minimum atomic E-state index is -4.82. The van der Waals surface area contributed by atoms with Crippen molar-refractivity contribution in [2.24, 2.45) is 16.5 Å². The van der Waals surface area contributed by atoms with E-state index in [0.29, 0.717) is 24.3 Å². The first-order valence-corrected chi connectivity index (χ1v) is 8.77. The van der Waals surface area contributed by atoms with Crippen LogP contribution in [-0.2, 0) is 20.6 Å². The van der Waals surface area contributed by atoms with Gasteiger partial charge in [-0.15, -0.1) is 0 Å². The molecule has 34 heavy (non-hydrogen) atoms. The molecule has 1 heterocycles. The number of carbonyl (C=O) groups excluding carboxylic acids is 2. The summed E-state index contributed by atoms with van der Waals surface area (Å²) in [5.74, 6) is -5.38. The Morgan fingerprint density at radius 2 is 1.56 bits per heavy atom. The molecule has 0 saturated carbocycles. The molecule has 6 N–H and O–H groups in total. The van der Waals surface area contributed by atoms with Crippen LogP contribution in [0.4, 0.5) is 26.3 Å². The predicted molar refractivity (Wildman–Crippen MR) is 101 cm³/mol. The smallest absolute Gasteiger partial charge is 0.416 e. The maximum Gasteiger partial charge on any atom is 0.416 e. The first-order chi connectivity index (χ1) is 15.4. The van der Waals surface area contributed by atoms with E-state index in [1.165, 1.54) is 0 Å². The van der Waals surface area contributed by atoms with Crippen molar-refractivity contribution in [3.05, 3.63) is 47.0 Å². The van der Waals surface area contributed by atoms with Crippen molar-refractivity contribution in [3.8, 4) is 0 Å². The maximum atomic E-state index is 12.9. The van der Waals surface area contributed by atoms with E-state index in [4.69, 9.17) is 21.7 Å². The Balaban J connectivity index is 0.000000620. The van der Waals surface area contributed by atoms with Gasteiger partial charge in [0, 0.05) is 17.7 Å². The number of rotatable bonds is 5. The fraction of sp³-hybridized carbons (Fsp3) is 0.278. The molecule has 0 fully saturated rings. The van der Waals surface area contributed by atoms with Crippen molar-refractivity contribution in [2.45, 2.75) is 24.8 Å². The zero-order valence-corrected chi connectivity index (χ0v) is 16.7. The van der Waals surface area contributed by atoms with Gasteiger partial charge in [0.15, 0.2) is 5.96 Å². The molecule has 16 heteroatoms. The second kappa shape index (κ2) is 10.7. The standard InChI is InChI=1S/C14H12F6N4O2.C4H4O4/c15-13(16,17)5-24-9(4-10(25)23-12(21)22)8-3-6(14(18,19)20)1-2-7(8)11(24)26;5-3(6)1-2-4(7)8/h1-3,9H,4-5H2,(H4,21,22,23,25);1-2H,(H,5,6)(H,7,8)/b;2-1+/t9-;/m0./s1. The van der Waals surface area contributed by atoms with Crippen molar-refractivity contribution in [1.82, 2.24) is 4.90 Å². The first-order valence-electron chi connectivity index (χ1n) is 8.77. The summed E-state index contributed by atoms with van der Waals surface area (Å²) in [4.78, 5) is 46.5. The minimum absolute atomic E-state index is 0.283. The highest BCUT2D eigenvalue weighted by molar-refractivity contribution is 6.00. The fourth-order valence-corrected chi connectivity index (χ4v) is 2.77. The van der Waals surface area contributed by atoms with E-state index >= 15 is 0 Å². The Kier molecular flexibility index (Phi) is 8.76. The second-order valence-electron chi connectivity index (χ2n) is 6.51. The molecule has 1 aliphatic heterocycles. The summed E-state index contributed by atoms with van der Waals surface area (Å²) < 4.78 is 77.0. The third-order valence-corrected chi connectivity index (χ3v) is 3.95. The van der Waals surface area contributed by atoms with Gasteiger partial charge >= 0.3 is 24.3 Å². The van der Waals surface area contributed by atoms with Gasteiger partial charge in [0.05, 0.1) is 18.0 Å². The first kappa shape index (κ1) is 27.9. The molecule has 1 aromatic rings. The number of guanidine groups is 1. The number of halogens is 6. The van der Waals surface area contributed by atoms with Crippen molar-refractivity contribution < 1.29 is 55.7 Å². The number of aliphatic imine (C=N–C) groups is 1. The monoisotopic (exact) mass is 498 g/mol. The van der Waals surface area contributed by atoms with Gasteiger partial charge in [0.2, 0.25) is 0 Å². The van der Waals surface area contributed by atoms with Crippen molar-refractivity contribution in [2.75, 3.05) is 6.54 Å². The number of hydrogen-bond acceptors (Lipinski definition) is 4. The van der Waals surface area contributed by atoms with Crippen LogP contribution in [0, 0.1) is 0 Å². The van der Waals surface area contributed by atoms with Crippen LogP contribution < -0.4 is 11.5 Å². The highest BCUT2D eigenvalue weighted by Gasteiger charge is 2.45. The number of aliphatic carboxylic acids is 2. The molecule has 0 radical (unpaired) electrons. The van der Waals surface area contributed by atoms with Crippen LogP contribution in [0.2, 0.25) is 0 Å². The molecular weight excluding hydrogens is 482 g/mol. The van der Waals surface area contributed by atoms with E-state index in [1.807, 2.05) is 0 Å². The van der Waals surface area contributed by atoms with Crippen molar-refractivity contribution >= 4 is 29.7 Å². The second-order valence-corrected chi connectivity index (χ2v) is 6.51. The Labute approximate surface area is 186 Å². The molecule has 0 aromatic heterocycles. The Morgan fingerprint density at radius 3 is 1.97 bits per heavy atom. The van der Waals surface area contributed by atoms with Crippen LogP contribution in [0.1, 0.15) is 33.9 Å². The lowest BCUT2D eigenvalue weighted by Gasteiger charge is -2.25. The highest BCUT2D eigenvalue weighted by atomic mass is 19.4. The van der Waals surface area contributed by atoms with Crippen LogP contribution in [0.3, 0.4) is 0 Å². The number of alkyl halides is 6. The number of carboxylic acid groups (broad SMARTS) is 2. The third-order valence-electron chi connectivity index (χ3n) is 3.95. The summed E-state index contributed by atoms with van der Waals surface area (Å²) in [6.07, 6.45) is -9.27. The molecule has 1 atom stereocenters. The van der Waals surface area contributed by atoms with E-state index < -0.39 is 66.6 Å². The van der Waals surface area contributed by atoms with Gasteiger partial charge < -0.3 is 26.6 Å². The van der Waals surface area contributed by atoms with Gasteiger partial charge in [-0.3, -0.25) is 9.59 Å². The molecule has 1 aromatic carbocycles. The van der Waals surface area contributed by atoms with Crippen LogP contribution in [0.5, 0.6) is 0 Å². The van der Waals surface area contributed by atoms with Gasteiger partial charge in [-0.05, 0) is 23.8 Å². The summed E-state index contributed by atoms with van der Waals surface area (Å²) in [7, 11) is 0. The van der Waals surface area contributed by atoms with Gasteiger partial charge in [0.1, 0.15) is 6.54 Å². The lowest BCUT2D eigenvalue weighted by Crippen LogP contribution is -2.37. The summed E-state index contributed by atoms with van der Waals surface area (Å²) in [6.45, 7) is -1.73. The molecule has 186 valence electrons. The van der Waals surface area contributed by atoms with E-state index in [2.05, 4.69) is 4.99 Å². The molecule has 0 unspecified atom stereocenters. The van der Waals surface area contributed by atoms with Crippen LogP contribution >= 0.6 is 0 Å². The number of benzene rings is 1. The van der Waals surface area contributed by atoms with E-state index in [9.17, 15) is 45.5 Å². The Morgan fingerprint density at radius 1 is 1.03 bits per heavy atom. The molecule has 0 aliphatic carbocycles. The van der Waals surface area contributed by atoms with Gasteiger partial charge in [-0.1, -0.05) is 0 Å². The van der Waals surface area contributed by atoms with Gasteiger partial charge in [-0.2, -0.15) is 31.3 Å². The lowest BCUT2D eigenvalue weighted by atomic mass is 9.99. The largest absolute Gasteiger partial charge is 0.478 e. The molecule has 0 saturated heterocycles. The fourth-order valence-electron chi connectivity index (χ4n) is 2.77. The Hall–Kier alpha value is -4.11. The number of fused-ring (bicyclic) bond motifs is 1. The number of amides is 2.